The van der Waals surface area contributed by atoms with Crippen LogP contribution in [0.3, 0.4) is 0 Å². The molecule has 0 saturated carbocycles. The number of ether oxygens (including phenoxy) is 2. The molecule has 0 aromatic heterocycles. The van der Waals surface area contributed by atoms with Crippen molar-refractivity contribution in [3.05, 3.63) is 34.4 Å². The fourth-order valence-electron chi connectivity index (χ4n) is 0.921. The minimum atomic E-state index is -0.493. The van der Waals surface area contributed by atoms with E-state index < -0.39 is 4.92 Å². The summed E-state index contributed by atoms with van der Waals surface area (Å²) < 4.78 is 10.2. The van der Waals surface area contributed by atoms with Crippen molar-refractivity contribution in [3.63, 3.8) is 0 Å². The van der Waals surface area contributed by atoms with Crippen molar-refractivity contribution in [1.29, 1.82) is 0 Å². The number of hydrogen-bond acceptors (Lipinski definition) is 4. The SMILES string of the molecule is CC(Br)OCOc1ccccc1[N+](=O)[O-]. The predicted molar refractivity (Wildman–Crippen MR) is 58.1 cm³/mol. The van der Waals surface area contributed by atoms with Gasteiger partial charge in [-0.05, 0) is 13.0 Å². The van der Waals surface area contributed by atoms with Gasteiger partial charge in [0.05, 0.1) is 4.92 Å². The summed E-state index contributed by atoms with van der Waals surface area (Å²) in [6, 6.07) is 6.16. The number of nitro benzene ring substituents is 1. The Morgan fingerprint density at radius 3 is 2.80 bits per heavy atom. The van der Waals surface area contributed by atoms with Crippen molar-refractivity contribution in [2.45, 2.75) is 11.9 Å². The Kier molecular flexibility index (Phi) is 4.51. The van der Waals surface area contributed by atoms with E-state index in [-0.39, 0.29) is 23.2 Å². The Labute approximate surface area is 95.3 Å². The maximum Gasteiger partial charge on any atom is 0.311 e. The summed E-state index contributed by atoms with van der Waals surface area (Å²) in [5.74, 6) is 0.204. The van der Waals surface area contributed by atoms with Gasteiger partial charge in [0.15, 0.2) is 12.5 Å². The molecule has 0 amide bonds. The number of hydrogen-bond donors (Lipinski definition) is 0. The Balaban J connectivity index is 2.63. The van der Waals surface area contributed by atoms with Crippen LogP contribution in [-0.4, -0.2) is 16.7 Å². The third kappa shape index (κ3) is 3.85. The Morgan fingerprint density at radius 2 is 2.20 bits per heavy atom. The molecule has 1 aromatic carbocycles. The Bertz CT molecular complexity index is 343. The van der Waals surface area contributed by atoms with E-state index in [4.69, 9.17) is 9.47 Å². The fourth-order valence-corrected chi connectivity index (χ4v) is 1.03. The summed E-state index contributed by atoms with van der Waals surface area (Å²) in [4.78, 5) is 10.1. The summed E-state index contributed by atoms with van der Waals surface area (Å²) in [6.45, 7) is 1.75. The molecule has 0 spiro atoms. The molecule has 0 aliphatic carbocycles. The molecule has 5 nitrogen and oxygen atoms in total. The molecule has 0 saturated heterocycles. The highest BCUT2D eigenvalue weighted by atomic mass is 79.9. The zero-order valence-electron chi connectivity index (χ0n) is 8.05. The van der Waals surface area contributed by atoms with E-state index in [2.05, 4.69) is 15.9 Å². The van der Waals surface area contributed by atoms with Crippen LogP contribution in [0.1, 0.15) is 6.92 Å². The first-order chi connectivity index (χ1) is 7.11. The topological polar surface area (TPSA) is 61.6 Å². The predicted octanol–water partition coefficient (Wildman–Crippen LogP) is 2.69. The molecule has 0 fully saturated rings. The van der Waals surface area contributed by atoms with Gasteiger partial charge in [-0.2, -0.15) is 0 Å². The van der Waals surface area contributed by atoms with E-state index in [0.717, 1.165) is 0 Å². The second-order valence-electron chi connectivity index (χ2n) is 2.70. The minimum absolute atomic E-state index is 0.0305. The van der Waals surface area contributed by atoms with Gasteiger partial charge in [0, 0.05) is 6.07 Å². The van der Waals surface area contributed by atoms with E-state index in [1.165, 1.54) is 12.1 Å². The summed E-state index contributed by atoms with van der Waals surface area (Å²) in [6.07, 6.45) is 0. The van der Waals surface area contributed by atoms with Crippen LogP contribution in [-0.2, 0) is 4.74 Å². The number of nitrogens with zero attached hydrogens (tertiary/aromatic N) is 1. The van der Waals surface area contributed by atoms with E-state index >= 15 is 0 Å². The zero-order chi connectivity index (χ0) is 11.3. The summed E-state index contributed by atoms with van der Waals surface area (Å²) in [7, 11) is 0. The summed E-state index contributed by atoms with van der Waals surface area (Å²) in [5.41, 5.74) is -0.0664. The number of benzene rings is 1. The first-order valence-electron chi connectivity index (χ1n) is 4.23. The van der Waals surface area contributed by atoms with E-state index in [1.54, 1.807) is 19.1 Å². The van der Waals surface area contributed by atoms with Crippen LogP contribution in [0.25, 0.3) is 0 Å². The molecular formula is C9H10BrNO4. The quantitative estimate of drug-likeness (QED) is 0.359. The van der Waals surface area contributed by atoms with Crippen LogP contribution >= 0.6 is 15.9 Å². The summed E-state index contributed by atoms with van der Waals surface area (Å²) >= 11 is 3.16. The van der Waals surface area contributed by atoms with Crippen molar-refractivity contribution < 1.29 is 14.4 Å². The lowest BCUT2D eigenvalue weighted by molar-refractivity contribution is -0.386. The molecular weight excluding hydrogens is 266 g/mol. The molecule has 0 heterocycles. The average molecular weight is 276 g/mol. The number of para-hydroxylation sites is 2. The lowest BCUT2D eigenvalue weighted by Crippen LogP contribution is -2.07. The second-order valence-corrected chi connectivity index (χ2v) is 3.99. The normalized spacial score (nSPS) is 12.1. The van der Waals surface area contributed by atoms with Crippen LogP contribution in [0.15, 0.2) is 24.3 Å². The van der Waals surface area contributed by atoms with Gasteiger partial charge in [-0.25, -0.2) is 0 Å². The van der Waals surface area contributed by atoms with E-state index in [0.29, 0.717) is 0 Å². The molecule has 1 unspecified atom stereocenters. The highest BCUT2D eigenvalue weighted by Gasteiger charge is 2.13. The summed E-state index contributed by atoms with van der Waals surface area (Å²) in [5, 5.41) is 10.4. The van der Waals surface area contributed by atoms with Crippen LogP contribution in [0.5, 0.6) is 5.75 Å². The molecule has 0 bridgehead atoms. The third-order valence-corrected chi connectivity index (χ3v) is 1.84. The van der Waals surface area contributed by atoms with Gasteiger partial charge in [-0.3, -0.25) is 10.1 Å². The highest BCUT2D eigenvalue weighted by Crippen LogP contribution is 2.25. The number of nitro groups is 1. The largest absolute Gasteiger partial charge is 0.460 e. The van der Waals surface area contributed by atoms with Gasteiger partial charge in [-0.1, -0.05) is 28.1 Å². The molecule has 0 N–H and O–H groups in total. The van der Waals surface area contributed by atoms with Gasteiger partial charge in [0.2, 0.25) is 0 Å². The van der Waals surface area contributed by atoms with Gasteiger partial charge >= 0.3 is 5.69 Å². The fraction of sp³-hybridized carbons (Fsp3) is 0.333. The molecule has 0 radical (unpaired) electrons. The molecule has 0 aliphatic heterocycles. The molecule has 1 atom stereocenters. The Hall–Kier alpha value is -1.14. The zero-order valence-corrected chi connectivity index (χ0v) is 9.64. The number of halogens is 1. The second kappa shape index (κ2) is 5.67. The van der Waals surface area contributed by atoms with Crippen molar-refractivity contribution in [1.82, 2.24) is 0 Å². The van der Waals surface area contributed by atoms with Crippen LogP contribution in [0, 0.1) is 10.1 Å². The number of rotatable bonds is 5. The molecule has 15 heavy (non-hydrogen) atoms. The van der Waals surface area contributed by atoms with Crippen LogP contribution in [0.2, 0.25) is 0 Å². The van der Waals surface area contributed by atoms with Crippen LogP contribution < -0.4 is 4.74 Å². The lowest BCUT2D eigenvalue weighted by atomic mass is 10.3. The van der Waals surface area contributed by atoms with Gasteiger partial charge in [0.1, 0.15) is 5.01 Å². The first-order valence-corrected chi connectivity index (χ1v) is 5.14. The van der Waals surface area contributed by atoms with Crippen molar-refractivity contribution in [2.24, 2.45) is 0 Å². The van der Waals surface area contributed by atoms with Crippen molar-refractivity contribution in [3.8, 4) is 5.75 Å². The van der Waals surface area contributed by atoms with Crippen molar-refractivity contribution >= 4 is 21.6 Å². The maximum absolute atomic E-state index is 10.6. The molecule has 1 rings (SSSR count). The first kappa shape index (κ1) is 11.9. The average Bonchev–Trinajstić information content (AvgIpc) is 2.17. The standard InChI is InChI=1S/C9H10BrNO4/c1-7(10)14-6-15-9-5-3-2-4-8(9)11(12)13/h2-5,7H,6H2,1H3. The number of alkyl halides is 1. The molecule has 6 heteroatoms. The van der Waals surface area contributed by atoms with Gasteiger partial charge in [0.25, 0.3) is 0 Å². The maximum atomic E-state index is 10.6. The van der Waals surface area contributed by atoms with E-state index in [1.807, 2.05) is 0 Å². The van der Waals surface area contributed by atoms with E-state index in [9.17, 15) is 10.1 Å². The smallest absolute Gasteiger partial charge is 0.311 e. The van der Waals surface area contributed by atoms with Crippen LogP contribution in [0.4, 0.5) is 5.69 Å². The molecule has 1 aromatic rings. The molecule has 0 aliphatic rings. The van der Waals surface area contributed by atoms with Gasteiger partial charge < -0.3 is 9.47 Å². The lowest BCUT2D eigenvalue weighted by Gasteiger charge is -2.08. The molecule has 82 valence electrons. The van der Waals surface area contributed by atoms with Crippen molar-refractivity contribution in [2.75, 3.05) is 6.79 Å². The minimum Gasteiger partial charge on any atom is -0.460 e. The Morgan fingerprint density at radius 1 is 1.53 bits per heavy atom. The third-order valence-electron chi connectivity index (χ3n) is 1.57. The highest BCUT2D eigenvalue weighted by molar-refractivity contribution is 9.09. The monoisotopic (exact) mass is 275 g/mol. The van der Waals surface area contributed by atoms with Gasteiger partial charge in [-0.15, -0.1) is 0 Å².